The van der Waals surface area contributed by atoms with Crippen molar-refractivity contribution in [1.82, 2.24) is 20.2 Å². The first kappa shape index (κ1) is 19.9. The monoisotopic (exact) mass is 410 g/mol. The molecule has 6 heteroatoms. The minimum absolute atomic E-state index is 0. The first-order chi connectivity index (χ1) is 13.6. The van der Waals surface area contributed by atoms with Gasteiger partial charge in [0.05, 0.1) is 0 Å². The summed E-state index contributed by atoms with van der Waals surface area (Å²) in [5.74, 6) is 1.40. The lowest BCUT2D eigenvalue weighted by Gasteiger charge is -2.17. The fourth-order valence-corrected chi connectivity index (χ4v) is 4.90. The van der Waals surface area contributed by atoms with Crippen LogP contribution in [0.2, 0.25) is 0 Å². The molecule has 29 heavy (non-hydrogen) atoms. The van der Waals surface area contributed by atoms with Crippen LogP contribution in [0.1, 0.15) is 28.5 Å². The van der Waals surface area contributed by atoms with Crippen LogP contribution in [0.3, 0.4) is 0 Å². The highest BCUT2D eigenvalue weighted by atomic mass is 35.5. The number of nitrogens with one attached hydrogen (secondary N) is 2. The number of H-pyrrole nitrogens is 1. The molecule has 1 amide bonds. The van der Waals surface area contributed by atoms with E-state index in [-0.39, 0.29) is 18.3 Å². The number of likely N-dealkylation sites (tertiary alicyclic amines) is 1. The lowest BCUT2D eigenvalue weighted by atomic mass is 10.0. The minimum atomic E-state index is 0. The maximum Gasteiger partial charge on any atom is 0.253 e. The Morgan fingerprint density at radius 1 is 1.17 bits per heavy atom. The normalized spacial score (nSPS) is 20.7. The number of rotatable bonds is 3. The van der Waals surface area contributed by atoms with Crippen LogP contribution in [0.15, 0.2) is 36.5 Å². The van der Waals surface area contributed by atoms with E-state index >= 15 is 0 Å². The summed E-state index contributed by atoms with van der Waals surface area (Å²) in [6.07, 6.45) is 2.76. The van der Waals surface area contributed by atoms with E-state index in [1.54, 1.807) is 0 Å². The largest absolute Gasteiger partial charge is 0.354 e. The Morgan fingerprint density at radius 3 is 2.62 bits per heavy atom. The molecule has 0 radical (unpaired) electrons. The predicted molar refractivity (Wildman–Crippen MR) is 119 cm³/mol. The van der Waals surface area contributed by atoms with Gasteiger partial charge in [0, 0.05) is 65.8 Å². The number of fused-ring (bicyclic) bond motifs is 2. The van der Waals surface area contributed by atoms with Gasteiger partial charge in [-0.05, 0) is 61.1 Å². The topological polar surface area (TPSA) is 61.0 Å². The third kappa shape index (κ3) is 3.43. The number of hydrogen-bond acceptors (Lipinski definition) is 3. The Balaban J connectivity index is 0.00000205. The van der Waals surface area contributed by atoms with Crippen molar-refractivity contribution >= 4 is 29.2 Å². The molecule has 0 aliphatic carbocycles. The number of pyridine rings is 1. The van der Waals surface area contributed by atoms with Gasteiger partial charge in [0.25, 0.3) is 5.91 Å². The molecule has 2 unspecified atom stereocenters. The number of hydrogen-bond donors (Lipinski definition) is 2. The van der Waals surface area contributed by atoms with Crippen LogP contribution >= 0.6 is 12.4 Å². The van der Waals surface area contributed by atoms with Gasteiger partial charge in [-0.1, -0.05) is 6.92 Å². The van der Waals surface area contributed by atoms with Crippen LogP contribution in [0.5, 0.6) is 0 Å². The zero-order valence-electron chi connectivity index (χ0n) is 16.9. The summed E-state index contributed by atoms with van der Waals surface area (Å²) >= 11 is 0. The number of aromatic amines is 1. The molecule has 152 valence electrons. The van der Waals surface area contributed by atoms with Crippen LogP contribution in [0, 0.1) is 18.8 Å². The average molecular weight is 411 g/mol. The number of benzene rings is 1. The number of aryl methyl sites for hydroxylation is 2. The zero-order chi connectivity index (χ0) is 19.3. The molecule has 2 N–H and O–H groups in total. The summed E-state index contributed by atoms with van der Waals surface area (Å²) in [5, 5.41) is 4.59. The van der Waals surface area contributed by atoms with Gasteiger partial charge >= 0.3 is 0 Å². The van der Waals surface area contributed by atoms with E-state index in [0.717, 1.165) is 66.0 Å². The molecule has 1 aromatic carbocycles. The van der Waals surface area contributed by atoms with Crippen LogP contribution in [-0.4, -0.2) is 47.0 Å². The van der Waals surface area contributed by atoms with Gasteiger partial charge < -0.3 is 15.2 Å². The third-order valence-corrected chi connectivity index (χ3v) is 6.37. The number of nitrogens with zero attached hydrogens (tertiary/aromatic N) is 2. The average Bonchev–Trinajstić information content (AvgIpc) is 3.39. The number of carbonyl (C=O) groups excluding carboxylic acids is 1. The second-order valence-electron chi connectivity index (χ2n) is 8.17. The second-order valence-corrected chi connectivity index (χ2v) is 8.17. The van der Waals surface area contributed by atoms with Crippen molar-refractivity contribution in [2.75, 3.05) is 26.2 Å². The molecule has 5 rings (SSSR count). The maximum absolute atomic E-state index is 13.1. The van der Waals surface area contributed by atoms with E-state index in [0.29, 0.717) is 11.8 Å². The zero-order valence-corrected chi connectivity index (χ0v) is 17.7. The Kier molecular flexibility index (Phi) is 5.36. The standard InChI is InChI=1S/C23H26N4O.ClH/c1-3-19-20-9-16(23(28)27-12-17-10-24-11-18(17)13-27)4-5-21(20)26-22(19)15-6-7-25-14(2)8-15;/h4-9,17-18,24,26H,3,10-13H2,1-2H3;1H. The van der Waals surface area contributed by atoms with Crippen molar-refractivity contribution in [1.29, 1.82) is 0 Å². The Hall–Kier alpha value is -2.37. The number of aromatic nitrogens is 2. The molecular weight excluding hydrogens is 384 g/mol. The molecule has 2 aliphatic rings. The lowest BCUT2D eigenvalue weighted by molar-refractivity contribution is 0.0782. The van der Waals surface area contributed by atoms with Gasteiger partial charge in [-0.2, -0.15) is 0 Å². The quantitative estimate of drug-likeness (QED) is 0.690. The summed E-state index contributed by atoms with van der Waals surface area (Å²) in [5.41, 5.74) is 6.43. The lowest BCUT2D eigenvalue weighted by Crippen LogP contribution is -2.31. The van der Waals surface area contributed by atoms with Gasteiger partial charge in [-0.3, -0.25) is 9.78 Å². The van der Waals surface area contributed by atoms with E-state index in [2.05, 4.69) is 40.4 Å². The molecule has 5 nitrogen and oxygen atoms in total. The summed E-state index contributed by atoms with van der Waals surface area (Å²) in [7, 11) is 0. The third-order valence-electron chi connectivity index (χ3n) is 6.37. The van der Waals surface area contributed by atoms with E-state index in [9.17, 15) is 4.79 Å². The molecule has 2 aliphatic heterocycles. The molecule has 0 bridgehead atoms. The van der Waals surface area contributed by atoms with E-state index in [4.69, 9.17) is 0 Å². The summed E-state index contributed by atoms with van der Waals surface area (Å²) in [6.45, 7) is 8.02. The van der Waals surface area contributed by atoms with Gasteiger partial charge in [0.2, 0.25) is 0 Å². The number of halogens is 1. The second kappa shape index (κ2) is 7.81. The van der Waals surface area contributed by atoms with Gasteiger partial charge in [-0.15, -0.1) is 12.4 Å². The first-order valence-electron chi connectivity index (χ1n) is 10.2. The van der Waals surface area contributed by atoms with E-state index in [1.165, 1.54) is 5.56 Å². The molecular formula is C23H27ClN4O. The van der Waals surface area contributed by atoms with Crippen LogP contribution in [-0.2, 0) is 6.42 Å². The molecule has 2 fully saturated rings. The molecule has 2 saturated heterocycles. The molecule has 2 atom stereocenters. The highest BCUT2D eigenvalue weighted by Gasteiger charge is 2.38. The Labute approximate surface area is 177 Å². The molecule has 2 aromatic heterocycles. The fraction of sp³-hybridized carbons (Fsp3) is 0.391. The molecule has 0 spiro atoms. The van der Waals surface area contributed by atoms with E-state index < -0.39 is 0 Å². The predicted octanol–water partition coefficient (Wildman–Crippen LogP) is 3.81. The van der Waals surface area contributed by atoms with E-state index in [1.807, 2.05) is 30.2 Å². The van der Waals surface area contributed by atoms with Crippen LogP contribution < -0.4 is 5.32 Å². The minimum Gasteiger partial charge on any atom is -0.354 e. The van der Waals surface area contributed by atoms with Crippen molar-refractivity contribution in [3.63, 3.8) is 0 Å². The van der Waals surface area contributed by atoms with Crippen molar-refractivity contribution in [3.8, 4) is 11.3 Å². The van der Waals surface area contributed by atoms with Crippen molar-refractivity contribution < 1.29 is 4.79 Å². The Bertz CT molecular complexity index is 1050. The number of amides is 1. The highest BCUT2D eigenvalue weighted by molar-refractivity contribution is 6.00. The number of carbonyl (C=O) groups is 1. The summed E-state index contributed by atoms with van der Waals surface area (Å²) < 4.78 is 0. The van der Waals surface area contributed by atoms with Crippen molar-refractivity contribution in [3.05, 3.63) is 53.3 Å². The van der Waals surface area contributed by atoms with Gasteiger partial charge in [0.15, 0.2) is 0 Å². The molecule has 4 heterocycles. The first-order valence-corrected chi connectivity index (χ1v) is 10.2. The fourth-order valence-electron chi connectivity index (χ4n) is 4.90. The van der Waals surface area contributed by atoms with Crippen LogP contribution in [0.25, 0.3) is 22.2 Å². The van der Waals surface area contributed by atoms with Crippen molar-refractivity contribution in [2.24, 2.45) is 11.8 Å². The van der Waals surface area contributed by atoms with Crippen LogP contribution in [0.4, 0.5) is 0 Å². The highest BCUT2D eigenvalue weighted by Crippen LogP contribution is 2.33. The van der Waals surface area contributed by atoms with Crippen molar-refractivity contribution in [2.45, 2.75) is 20.3 Å². The summed E-state index contributed by atoms with van der Waals surface area (Å²) in [6, 6.07) is 10.2. The van der Waals surface area contributed by atoms with Gasteiger partial charge in [-0.25, -0.2) is 0 Å². The SMILES string of the molecule is CCc1c(-c2ccnc(C)c2)[nH]c2ccc(C(=O)N3CC4CNCC4C3)cc12.Cl. The summed E-state index contributed by atoms with van der Waals surface area (Å²) in [4.78, 5) is 23.1. The molecule has 0 saturated carbocycles. The Morgan fingerprint density at radius 2 is 1.93 bits per heavy atom. The van der Waals surface area contributed by atoms with Gasteiger partial charge in [0.1, 0.15) is 0 Å². The maximum atomic E-state index is 13.1. The smallest absolute Gasteiger partial charge is 0.253 e. The molecule has 3 aromatic rings.